The van der Waals surface area contributed by atoms with E-state index in [9.17, 15) is 14.0 Å². The van der Waals surface area contributed by atoms with E-state index < -0.39 is 24.0 Å². The maximum atomic E-state index is 13.1. The van der Waals surface area contributed by atoms with Crippen molar-refractivity contribution in [3.63, 3.8) is 0 Å². The van der Waals surface area contributed by atoms with Crippen molar-refractivity contribution < 1.29 is 18.7 Å². The third kappa shape index (κ3) is 3.69. The Morgan fingerprint density at radius 1 is 1.36 bits per heavy atom. The van der Waals surface area contributed by atoms with E-state index in [-0.39, 0.29) is 5.82 Å². The molecule has 1 N–H and O–H groups in total. The zero-order valence-corrected chi connectivity index (χ0v) is 12.6. The summed E-state index contributed by atoms with van der Waals surface area (Å²) < 4.78 is 18.3. The Bertz CT molecular complexity index is 584. The summed E-state index contributed by atoms with van der Waals surface area (Å²) in [7, 11) is 0. The van der Waals surface area contributed by atoms with Gasteiger partial charge in [0, 0.05) is 5.71 Å². The van der Waals surface area contributed by atoms with Gasteiger partial charge < -0.3 is 10.1 Å². The lowest BCUT2D eigenvalue weighted by molar-refractivity contribution is -0.147. The number of aliphatic imine (C=N–C) groups is 1. The zero-order chi connectivity index (χ0) is 16.1. The number of nitrogens with zero attached hydrogens (tertiary/aromatic N) is 1. The molecule has 5 nitrogen and oxygen atoms in total. The summed E-state index contributed by atoms with van der Waals surface area (Å²) in [4.78, 5) is 27.7. The fraction of sp³-hybridized carbons (Fsp3) is 0.438. The minimum Gasteiger partial charge on any atom is -0.465 e. The van der Waals surface area contributed by atoms with Crippen LogP contribution in [-0.2, 0) is 9.53 Å². The van der Waals surface area contributed by atoms with Gasteiger partial charge in [0.15, 0.2) is 0 Å². The highest BCUT2D eigenvalue weighted by Gasteiger charge is 2.37. The molecule has 2 atom stereocenters. The summed E-state index contributed by atoms with van der Waals surface area (Å²) in [5, 5.41) is 2.65. The number of benzene rings is 1. The van der Waals surface area contributed by atoms with Gasteiger partial charge in [-0.1, -0.05) is 25.5 Å². The van der Waals surface area contributed by atoms with Crippen molar-refractivity contribution in [1.29, 1.82) is 0 Å². The van der Waals surface area contributed by atoms with Gasteiger partial charge in [-0.2, -0.15) is 0 Å². The number of hydrogen-bond donors (Lipinski definition) is 1. The van der Waals surface area contributed by atoms with Crippen LogP contribution in [0.25, 0.3) is 0 Å². The van der Waals surface area contributed by atoms with Gasteiger partial charge in [0.2, 0.25) is 0 Å². The van der Waals surface area contributed by atoms with Gasteiger partial charge in [0.1, 0.15) is 11.7 Å². The molecule has 6 heteroatoms. The second-order valence-corrected chi connectivity index (χ2v) is 5.23. The highest BCUT2D eigenvalue weighted by Crippen LogP contribution is 2.28. The van der Waals surface area contributed by atoms with Gasteiger partial charge in [-0.25, -0.2) is 14.2 Å². The molecule has 118 valence electrons. The Balaban J connectivity index is 2.24. The van der Waals surface area contributed by atoms with Gasteiger partial charge in [-0.3, -0.25) is 4.79 Å². The Hall–Kier alpha value is -2.24. The molecular weight excluding hydrogens is 287 g/mol. The average Bonchev–Trinajstić information content (AvgIpc) is 2.47. The molecule has 1 aromatic rings. The third-order valence-electron chi connectivity index (χ3n) is 3.57. The van der Waals surface area contributed by atoms with E-state index in [1.54, 1.807) is 19.1 Å². The standard InChI is InChI=1S/C16H19FN2O3/c1-3-4-9-22-15(20)13-10(2)18-16(21)19-14(13)11-5-7-12(17)8-6-11/h5-8,13-14H,3-4,9H2,1-2H3,(H,19,21). The first kappa shape index (κ1) is 16.1. The van der Waals surface area contributed by atoms with E-state index in [0.717, 1.165) is 12.8 Å². The molecule has 1 heterocycles. The van der Waals surface area contributed by atoms with E-state index >= 15 is 0 Å². The van der Waals surface area contributed by atoms with Crippen molar-refractivity contribution in [2.75, 3.05) is 6.61 Å². The second-order valence-electron chi connectivity index (χ2n) is 5.23. The summed E-state index contributed by atoms with van der Waals surface area (Å²) in [5.41, 5.74) is 1.04. The number of unbranched alkanes of at least 4 members (excludes halogenated alkanes) is 1. The van der Waals surface area contributed by atoms with Crippen LogP contribution in [0.1, 0.15) is 38.3 Å². The molecule has 1 aliphatic heterocycles. The molecule has 1 aromatic carbocycles. The molecule has 0 spiro atoms. The smallest absolute Gasteiger partial charge is 0.341 e. The topological polar surface area (TPSA) is 67.8 Å². The van der Waals surface area contributed by atoms with Gasteiger partial charge in [0.25, 0.3) is 0 Å². The molecular formula is C16H19FN2O3. The summed E-state index contributed by atoms with van der Waals surface area (Å²) in [6.45, 7) is 3.97. The SMILES string of the molecule is CCCCOC(=O)C1C(C)=NC(=O)NC1c1ccc(F)cc1. The van der Waals surface area contributed by atoms with Crippen LogP contribution < -0.4 is 5.32 Å². The fourth-order valence-corrected chi connectivity index (χ4v) is 2.38. The molecule has 0 fully saturated rings. The number of nitrogens with one attached hydrogen (secondary N) is 1. The van der Waals surface area contributed by atoms with Crippen molar-refractivity contribution in [2.24, 2.45) is 10.9 Å². The van der Waals surface area contributed by atoms with E-state index in [2.05, 4.69) is 10.3 Å². The lowest BCUT2D eigenvalue weighted by Crippen LogP contribution is -2.44. The minimum absolute atomic E-state index is 0.337. The van der Waals surface area contributed by atoms with Gasteiger partial charge >= 0.3 is 12.0 Å². The fourth-order valence-electron chi connectivity index (χ4n) is 2.38. The molecule has 0 aromatic heterocycles. The van der Waals surface area contributed by atoms with E-state index in [0.29, 0.717) is 17.9 Å². The number of urea groups is 1. The number of halogens is 1. The molecule has 0 radical (unpaired) electrons. The van der Waals surface area contributed by atoms with E-state index in [1.807, 2.05) is 6.92 Å². The molecule has 2 amide bonds. The Labute approximate surface area is 128 Å². The molecule has 2 unspecified atom stereocenters. The molecule has 1 aliphatic rings. The van der Waals surface area contributed by atoms with Crippen molar-refractivity contribution in [1.82, 2.24) is 5.32 Å². The van der Waals surface area contributed by atoms with Crippen molar-refractivity contribution >= 4 is 17.7 Å². The number of esters is 1. The molecule has 0 aliphatic carbocycles. The predicted molar refractivity (Wildman–Crippen MR) is 80.1 cm³/mol. The number of carbonyl (C=O) groups excluding carboxylic acids is 2. The number of ether oxygens (including phenoxy) is 1. The second kappa shape index (κ2) is 7.15. The summed E-state index contributed by atoms with van der Waals surface area (Å²) in [6.07, 6.45) is 1.70. The largest absolute Gasteiger partial charge is 0.465 e. The van der Waals surface area contributed by atoms with Crippen molar-refractivity contribution in [3.05, 3.63) is 35.6 Å². The van der Waals surface area contributed by atoms with Crippen LogP contribution in [0.15, 0.2) is 29.3 Å². The maximum absolute atomic E-state index is 13.1. The monoisotopic (exact) mass is 306 g/mol. The first-order valence-corrected chi connectivity index (χ1v) is 7.30. The molecule has 0 saturated heterocycles. The van der Waals surface area contributed by atoms with Gasteiger partial charge in [-0.15, -0.1) is 0 Å². The highest BCUT2D eigenvalue weighted by molar-refractivity contribution is 6.08. The summed E-state index contributed by atoms with van der Waals surface area (Å²) >= 11 is 0. The average molecular weight is 306 g/mol. The predicted octanol–water partition coefficient (Wildman–Crippen LogP) is 3.01. The van der Waals surface area contributed by atoms with Crippen LogP contribution in [0.2, 0.25) is 0 Å². The van der Waals surface area contributed by atoms with Crippen LogP contribution in [-0.4, -0.2) is 24.3 Å². The summed E-state index contributed by atoms with van der Waals surface area (Å²) in [6, 6.07) is 4.57. The van der Waals surface area contributed by atoms with Crippen LogP contribution >= 0.6 is 0 Å². The molecule has 0 saturated carbocycles. The van der Waals surface area contributed by atoms with Gasteiger partial charge in [-0.05, 0) is 31.0 Å². The quantitative estimate of drug-likeness (QED) is 0.671. The number of carbonyl (C=O) groups is 2. The first-order valence-electron chi connectivity index (χ1n) is 7.30. The minimum atomic E-state index is -0.694. The Kier molecular flexibility index (Phi) is 5.25. The third-order valence-corrected chi connectivity index (χ3v) is 3.57. The van der Waals surface area contributed by atoms with Crippen LogP contribution in [0.3, 0.4) is 0 Å². The normalized spacial score (nSPS) is 21.0. The zero-order valence-electron chi connectivity index (χ0n) is 12.6. The van der Waals surface area contributed by atoms with Crippen molar-refractivity contribution in [2.45, 2.75) is 32.7 Å². The molecule has 22 heavy (non-hydrogen) atoms. The highest BCUT2D eigenvalue weighted by atomic mass is 19.1. The van der Waals surface area contributed by atoms with E-state index in [1.165, 1.54) is 12.1 Å². The van der Waals surface area contributed by atoms with Crippen LogP contribution in [0.4, 0.5) is 9.18 Å². The maximum Gasteiger partial charge on any atom is 0.341 e. The van der Waals surface area contributed by atoms with E-state index in [4.69, 9.17) is 4.74 Å². The van der Waals surface area contributed by atoms with Crippen molar-refractivity contribution in [3.8, 4) is 0 Å². The Morgan fingerprint density at radius 3 is 2.68 bits per heavy atom. The lowest BCUT2D eigenvalue weighted by Gasteiger charge is -2.29. The Morgan fingerprint density at radius 2 is 2.05 bits per heavy atom. The number of amides is 2. The number of rotatable bonds is 5. The van der Waals surface area contributed by atoms with Gasteiger partial charge in [0.05, 0.1) is 12.6 Å². The lowest BCUT2D eigenvalue weighted by atomic mass is 9.88. The van der Waals surface area contributed by atoms with Crippen LogP contribution in [0, 0.1) is 11.7 Å². The first-order chi connectivity index (χ1) is 10.5. The molecule has 2 rings (SSSR count). The number of hydrogen-bond acceptors (Lipinski definition) is 3. The summed E-state index contributed by atoms with van der Waals surface area (Å²) in [5.74, 6) is -1.50. The molecule has 0 bridgehead atoms. The van der Waals surface area contributed by atoms with Crippen LogP contribution in [0.5, 0.6) is 0 Å².